The van der Waals surface area contributed by atoms with Crippen LogP contribution in [-0.4, -0.2) is 48.9 Å². The zero-order valence-electron chi connectivity index (χ0n) is 15.6. The third kappa shape index (κ3) is 3.54. The van der Waals surface area contributed by atoms with Crippen molar-refractivity contribution in [3.05, 3.63) is 71.8 Å². The van der Waals surface area contributed by atoms with Gasteiger partial charge in [0, 0.05) is 31.7 Å². The molecule has 0 radical (unpaired) electrons. The van der Waals surface area contributed by atoms with Crippen LogP contribution in [0.15, 0.2) is 60.7 Å². The topological polar surface area (TPSA) is 23.6 Å². The number of nitrogens with zero attached hydrogens (tertiary/aromatic N) is 2. The van der Waals surface area contributed by atoms with Gasteiger partial charge in [0.25, 0.3) is 5.91 Å². The minimum atomic E-state index is 0.184. The molecule has 136 valence electrons. The molecule has 2 fully saturated rings. The van der Waals surface area contributed by atoms with Crippen LogP contribution in [0.25, 0.3) is 0 Å². The SMILES string of the molecule is CN1C[C@H](c2ccccc2)CC2(CCN(C(=O)c3ccccc3)CC2)C1. The normalized spacial score (nSPS) is 23.1. The fourth-order valence-corrected chi connectivity index (χ4v) is 4.92. The van der Waals surface area contributed by atoms with Crippen LogP contribution in [0, 0.1) is 5.41 Å². The highest BCUT2D eigenvalue weighted by Gasteiger charge is 2.42. The zero-order chi connectivity index (χ0) is 18.0. The van der Waals surface area contributed by atoms with Crippen molar-refractivity contribution in [3.63, 3.8) is 0 Å². The van der Waals surface area contributed by atoms with E-state index in [2.05, 4.69) is 42.3 Å². The Bertz CT molecular complexity index is 735. The zero-order valence-corrected chi connectivity index (χ0v) is 15.6. The Kier molecular flexibility index (Phi) is 4.82. The summed E-state index contributed by atoms with van der Waals surface area (Å²) < 4.78 is 0. The average Bonchev–Trinajstić information content (AvgIpc) is 2.69. The van der Waals surface area contributed by atoms with E-state index in [9.17, 15) is 4.79 Å². The van der Waals surface area contributed by atoms with Gasteiger partial charge >= 0.3 is 0 Å². The minimum absolute atomic E-state index is 0.184. The molecule has 0 unspecified atom stereocenters. The van der Waals surface area contributed by atoms with Gasteiger partial charge in [0.2, 0.25) is 0 Å². The van der Waals surface area contributed by atoms with Crippen LogP contribution in [-0.2, 0) is 0 Å². The van der Waals surface area contributed by atoms with Crippen molar-refractivity contribution >= 4 is 5.91 Å². The summed E-state index contributed by atoms with van der Waals surface area (Å²) in [6.45, 7) is 4.05. The molecular weight excluding hydrogens is 320 g/mol. The Hall–Kier alpha value is -2.13. The molecule has 2 aliphatic heterocycles. The summed E-state index contributed by atoms with van der Waals surface area (Å²) in [5.74, 6) is 0.788. The molecule has 2 aromatic rings. The van der Waals surface area contributed by atoms with E-state index in [4.69, 9.17) is 0 Å². The molecule has 0 aliphatic carbocycles. The monoisotopic (exact) mass is 348 g/mol. The van der Waals surface area contributed by atoms with Crippen LogP contribution in [0.3, 0.4) is 0 Å². The number of hydrogen-bond donors (Lipinski definition) is 0. The van der Waals surface area contributed by atoms with Crippen LogP contribution in [0.5, 0.6) is 0 Å². The lowest BCUT2D eigenvalue weighted by Crippen LogP contribution is -2.51. The molecule has 1 spiro atoms. The summed E-state index contributed by atoms with van der Waals surface area (Å²) in [4.78, 5) is 17.3. The van der Waals surface area contributed by atoms with Crippen LogP contribution < -0.4 is 0 Å². The first-order chi connectivity index (χ1) is 12.7. The molecule has 2 aliphatic rings. The van der Waals surface area contributed by atoms with Gasteiger partial charge in [-0.1, -0.05) is 48.5 Å². The van der Waals surface area contributed by atoms with Gasteiger partial charge in [-0.15, -0.1) is 0 Å². The Morgan fingerprint density at radius 3 is 2.23 bits per heavy atom. The molecule has 2 aromatic carbocycles. The fourth-order valence-electron chi connectivity index (χ4n) is 4.92. The number of carbonyl (C=O) groups excluding carboxylic acids is 1. The molecule has 2 heterocycles. The molecule has 0 N–H and O–H groups in total. The van der Waals surface area contributed by atoms with Gasteiger partial charge < -0.3 is 9.80 Å². The summed E-state index contributed by atoms with van der Waals surface area (Å²) in [5.41, 5.74) is 2.62. The first-order valence-electron chi connectivity index (χ1n) is 9.73. The summed E-state index contributed by atoms with van der Waals surface area (Å²) >= 11 is 0. The van der Waals surface area contributed by atoms with E-state index in [1.54, 1.807) is 0 Å². The number of likely N-dealkylation sites (N-methyl/N-ethyl adjacent to an activating group) is 1. The Morgan fingerprint density at radius 1 is 0.962 bits per heavy atom. The smallest absolute Gasteiger partial charge is 0.253 e. The molecule has 0 bridgehead atoms. The van der Waals surface area contributed by atoms with Crippen LogP contribution in [0.1, 0.15) is 41.1 Å². The minimum Gasteiger partial charge on any atom is -0.339 e. The summed E-state index contributed by atoms with van der Waals surface area (Å²) in [6, 6.07) is 20.6. The Morgan fingerprint density at radius 2 is 1.58 bits per heavy atom. The number of carbonyl (C=O) groups is 1. The van der Waals surface area contributed by atoms with E-state index in [0.29, 0.717) is 11.3 Å². The standard InChI is InChI=1S/C23H28N2O/c1-24-17-21(19-8-4-2-5-9-19)16-23(18-24)12-14-25(15-13-23)22(26)20-10-6-3-7-11-20/h2-11,21H,12-18H2,1H3/t21-/m1/s1. The lowest BCUT2D eigenvalue weighted by Gasteiger charge is -2.49. The van der Waals surface area contributed by atoms with E-state index in [1.165, 1.54) is 12.0 Å². The van der Waals surface area contributed by atoms with Crippen molar-refractivity contribution in [2.24, 2.45) is 5.41 Å². The van der Waals surface area contributed by atoms with E-state index in [-0.39, 0.29) is 5.91 Å². The van der Waals surface area contributed by atoms with Crippen LogP contribution in [0.4, 0.5) is 0 Å². The van der Waals surface area contributed by atoms with Gasteiger partial charge in [-0.3, -0.25) is 4.79 Å². The molecule has 0 saturated carbocycles. The van der Waals surface area contributed by atoms with Gasteiger partial charge in [0.05, 0.1) is 0 Å². The van der Waals surface area contributed by atoms with Crippen molar-refractivity contribution < 1.29 is 4.79 Å². The van der Waals surface area contributed by atoms with Crippen molar-refractivity contribution in [2.45, 2.75) is 25.2 Å². The van der Waals surface area contributed by atoms with Crippen LogP contribution >= 0.6 is 0 Å². The maximum absolute atomic E-state index is 12.7. The van der Waals surface area contributed by atoms with Crippen molar-refractivity contribution in [1.82, 2.24) is 9.80 Å². The lowest BCUT2D eigenvalue weighted by molar-refractivity contribution is 0.0224. The van der Waals surface area contributed by atoms with E-state index in [0.717, 1.165) is 44.6 Å². The second kappa shape index (κ2) is 7.24. The predicted molar refractivity (Wildman–Crippen MR) is 105 cm³/mol. The summed E-state index contributed by atoms with van der Waals surface area (Å²) in [6.07, 6.45) is 3.47. The van der Waals surface area contributed by atoms with Gasteiger partial charge in [-0.2, -0.15) is 0 Å². The Balaban J connectivity index is 1.45. The molecule has 2 saturated heterocycles. The number of likely N-dealkylation sites (tertiary alicyclic amines) is 2. The van der Waals surface area contributed by atoms with E-state index < -0.39 is 0 Å². The highest BCUT2D eigenvalue weighted by atomic mass is 16.2. The maximum atomic E-state index is 12.7. The number of benzene rings is 2. The van der Waals surface area contributed by atoms with Gasteiger partial charge in [0.15, 0.2) is 0 Å². The second-order valence-electron chi connectivity index (χ2n) is 8.17. The number of amides is 1. The first-order valence-corrected chi connectivity index (χ1v) is 9.73. The average molecular weight is 348 g/mol. The molecule has 26 heavy (non-hydrogen) atoms. The predicted octanol–water partition coefficient (Wildman–Crippen LogP) is 4.03. The van der Waals surface area contributed by atoms with Gasteiger partial charge in [0.1, 0.15) is 0 Å². The molecule has 1 atom stereocenters. The first kappa shape index (κ1) is 17.3. The highest BCUT2D eigenvalue weighted by Crippen LogP contribution is 2.44. The third-order valence-corrected chi connectivity index (χ3v) is 6.22. The van der Waals surface area contributed by atoms with Crippen molar-refractivity contribution in [3.8, 4) is 0 Å². The van der Waals surface area contributed by atoms with Crippen LogP contribution in [0.2, 0.25) is 0 Å². The quantitative estimate of drug-likeness (QED) is 0.818. The van der Waals surface area contributed by atoms with E-state index in [1.807, 2.05) is 35.2 Å². The fraction of sp³-hybridized carbons (Fsp3) is 0.435. The number of piperidine rings is 2. The molecule has 0 aromatic heterocycles. The van der Waals surface area contributed by atoms with Crippen molar-refractivity contribution in [2.75, 3.05) is 33.2 Å². The molecule has 4 rings (SSSR count). The summed E-state index contributed by atoms with van der Waals surface area (Å²) in [5, 5.41) is 0. The lowest BCUT2D eigenvalue weighted by atomic mass is 9.68. The van der Waals surface area contributed by atoms with Gasteiger partial charge in [-0.05, 0) is 55.3 Å². The molecule has 3 nitrogen and oxygen atoms in total. The number of hydrogen-bond acceptors (Lipinski definition) is 2. The highest BCUT2D eigenvalue weighted by molar-refractivity contribution is 5.94. The van der Waals surface area contributed by atoms with Gasteiger partial charge in [-0.25, -0.2) is 0 Å². The van der Waals surface area contributed by atoms with E-state index >= 15 is 0 Å². The molecular formula is C23H28N2O. The molecule has 3 heteroatoms. The third-order valence-electron chi connectivity index (χ3n) is 6.22. The Labute approximate surface area is 156 Å². The maximum Gasteiger partial charge on any atom is 0.253 e. The number of rotatable bonds is 2. The molecule has 1 amide bonds. The largest absolute Gasteiger partial charge is 0.339 e. The summed E-state index contributed by atoms with van der Waals surface area (Å²) in [7, 11) is 2.25. The second-order valence-corrected chi connectivity index (χ2v) is 8.17. The van der Waals surface area contributed by atoms with Crippen molar-refractivity contribution in [1.29, 1.82) is 0 Å².